The third-order valence-corrected chi connectivity index (χ3v) is 5.84. The van der Waals surface area contributed by atoms with Crippen LogP contribution in [0.25, 0.3) is 0 Å². The maximum Gasteiger partial charge on any atom is 0.0956 e. The lowest BCUT2D eigenvalue weighted by Gasteiger charge is -2.35. The highest BCUT2D eigenvalue weighted by atomic mass is 35.5. The molecule has 2 aromatic carbocycles. The minimum Gasteiger partial charge on any atom is -0.324 e. The van der Waals surface area contributed by atoms with Gasteiger partial charge >= 0.3 is 0 Å². The Labute approximate surface area is 146 Å². The summed E-state index contributed by atoms with van der Waals surface area (Å²) >= 11 is 7.89. The first-order valence-electron chi connectivity index (χ1n) is 7.52. The van der Waals surface area contributed by atoms with Crippen LogP contribution in [0.2, 0.25) is 5.02 Å². The standard InChI is InChI=1S/C19H19ClN2S/c1-19(2,15-8-10-16(20)11-9-15)18(22-13-12-21-14-22)23-17-6-4-3-5-7-17/h3-14,18H,1-2H3. The molecule has 0 fully saturated rings. The normalized spacial score (nSPS) is 13.0. The van der Waals surface area contributed by atoms with Crippen LogP contribution in [0.4, 0.5) is 0 Å². The fourth-order valence-corrected chi connectivity index (χ4v) is 4.01. The van der Waals surface area contributed by atoms with Gasteiger partial charge in [0.15, 0.2) is 0 Å². The van der Waals surface area contributed by atoms with E-state index >= 15 is 0 Å². The molecule has 3 aromatic rings. The van der Waals surface area contributed by atoms with Crippen LogP contribution in [-0.4, -0.2) is 9.55 Å². The Hall–Kier alpha value is -1.71. The number of rotatable bonds is 5. The third-order valence-electron chi connectivity index (χ3n) is 3.99. The number of nitrogens with zero attached hydrogens (tertiary/aromatic N) is 2. The van der Waals surface area contributed by atoms with E-state index in [4.69, 9.17) is 11.6 Å². The van der Waals surface area contributed by atoms with Gasteiger partial charge in [-0.25, -0.2) is 4.98 Å². The van der Waals surface area contributed by atoms with E-state index in [1.165, 1.54) is 10.5 Å². The molecule has 0 aliphatic rings. The molecule has 0 N–H and O–H groups in total. The third kappa shape index (κ3) is 3.62. The molecular weight excluding hydrogens is 324 g/mol. The van der Waals surface area contributed by atoms with Crippen molar-refractivity contribution < 1.29 is 0 Å². The second-order valence-corrected chi connectivity index (χ2v) is 7.61. The predicted octanol–water partition coefficient (Wildman–Crippen LogP) is 5.81. The van der Waals surface area contributed by atoms with E-state index in [-0.39, 0.29) is 10.8 Å². The number of imidazole rings is 1. The van der Waals surface area contributed by atoms with Crippen molar-refractivity contribution in [2.45, 2.75) is 29.5 Å². The van der Waals surface area contributed by atoms with Crippen LogP contribution in [0.1, 0.15) is 24.8 Å². The first-order valence-corrected chi connectivity index (χ1v) is 8.78. The number of aromatic nitrogens is 2. The Balaban J connectivity index is 1.98. The highest BCUT2D eigenvalue weighted by Crippen LogP contribution is 2.45. The minimum atomic E-state index is -0.0915. The zero-order valence-electron chi connectivity index (χ0n) is 13.2. The SMILES string of the molecule is CC(C)(c1ccc(Cl)cc1)C(Sc1ccccc1)n1ccnc1. The van der Waals surface area contributed by atoms with Crippen molar-refractivity contribution in [2.75, 3.05) is 0 Å². The van der Waals surface area contributed by atoms with E-state index < -0.39 is 0 Å². The van der Waals surface area contributed by atoms with Gasteiger partial charge in [0, 0.05) is 27.7 Å². The number of hydrogen-bond donors (Lipinski definition) is 0. The van der Waals surface area contributed by atoms with Gasteiger partial charge in [0.2, 0.25) is 0 Å². The van der Waals surface area contributed by atoms with Gasteiger partial charge in [0.1, 0.15) is 0 Å². The van der Waals surface area contributed by atoms with Crippen LogP contribution < -0.4 is 0 Å². The van der Waals surface area contributed by atoms with Crippen LogP contribution in [0.15, 0.2) is 78.2 Å². The van der Waals surface area contributed by atoms with Gasteiger partial charge in [-0.3, -0.25) is 0 Å². The molecular formula is C19H19ClN2S. The molecule has 0 radical (unpaired) electrons. The summed E-state index contributed by atoms with van der Waals surface area (Å²) in [7, 11) is 0. The molecule has 0 amide bonds. The Bertz CT molecular complexity index is 737. The van der Waals surface area contributed by atoms with Gasteiger partial charge in [0.25, 0.3) is 0 Å². The lowest BCUT2D eigenvalue weighted by atomic mass is 9.84. The topological polar surface area (TPSA) is 17.8 Å². The molecule has 0 saturated carbocycles. The summed E-state index contributed by atoms with van der Waals surface area (Å²) in [6.07, 6.45) is 5.74. The smallest absolute Gasteiger partial charge is 0.0956 e. The van der Waals surface area contributed by atoms with Crippen LogP contribution in [-0.2, 0) is 5.41 Å². The van der Waals surface area contributed by atoms with Crippen LogP contribution >= 0.6 is 23.4 Å². The van der Waals surface area contributed by atoms with Crippen LogP contribution in [0, 0.1) is 0 Å². The monoisotopic (exact) mass is 342 g/mol. The maximum atomic E-state index is 6.05. The van der Waals surface area contributed by atoms with Gasteiger partial charge in [-0.05, 0) is 29.8 Å². The highest BCUT2D eigenvalue weighted by Gasteiger charge is 2.33. The van der Waals surface area contributed by atoms with Crippen molar-refractivity contribution in [3.63, 3.8) is 0 Å². The van der Waals surface area contributed by atoms with E-state index in [9.17, 15) is 0 Å². The number of hydrogen-bond acceptors (Lipinski definition) is 2. The number of thioether (sulfide) groups is 1. The van der Waals surface area contributed by atoms with Gasteiger partial charge in [-0.15, -0.1) is 0 Å². The van der Waals surface area contributed by atoms with E-state index in [0.717, 1.165) is 5.02 Å². The van der Waals surface area contributed by atoms with Crippen LogP contribution in [0.3, 0.4) is 0 Å². The fraction of sp³-hybridized carbons (Fsp3) is 0.211. The summed E-state index contributed by atoms with van der Waals surface area (Å²) in [5.74, 6) is 0. The maximum absolute atomic E-state index is 6.05. The molecule has 1 aromatic heterocycles. The Morgan fingerprint density at radius 3 is 2.35 bits per heavy atom. The van der Waals surface area contributed by atoms with E-state index in [1.807, 2.05) is 48.7 Å². The number of benzene rings is 2. The molecule has 3 rings (SSSR count). The Kier molecular flexibility index (Phi) is 4.79. The summed E-state index contributed by atoms with van der Waals surface area (Å²) in [5, 5.41) is 0.952. The summed E-state index contributed by atoms with van der Waals surface area (Å²) in [4.78, 5) is 5.48. The molecule has 1 atom stereocenters. The molecule has 23 heavy (non-hydrogen) atoms. The van der Waals surface area contributed by atoms with E-state index in [1.54, 1.807) is 0 Å². The lowest BCUT2D eigenvalue weighted by Crippen LogP contribution is -2.28. The van der Waals surface area contributed by atoms with Crippen molar-refractivity contribution >= 4 is 23.4 Å². The molecule has 2 nitrogen and oxygen atoms in total. The van der Waals surface area contributed by atoms with Crippen molar-refractivity contribution in [3.8, 4) is 0 Å². The average molecular weight is 343 g/mol. The van der Waals surface area contributed by atoms with Crippen molar-refractivity contribution in [3.05, 3.63) is 83.9 Å². The Morgan fingerprint density at radius 1 is 1.04 bits per heavy atom. The lowest BCUT2D eigenvalue weighted by molar-refractivity contribution is 0.421. The second-order valence-electron chi connectivity index (χ2n) is 6.02. The van der Waals surface area contributed by atoms with Gasteiger partial charge in [-0.1, -0.05) is 67.5 Å². The Morgan fingerprint density at radius 2 is 1.74 bits per heavy atom. The van der Waals surface area contributed by atoms with Gasteiger partial charge in [0.05, 0.1) is 11.7 Å². The summed E-state index contributed by atoms with van der Waals surface area (Å²) in [6.45, 7) is 4.52. The van der Waals surface area contributed by atoms with Crippen molar-refractivity contribution in [1.82, 2.24) is 9.55 Å². The summed E-state index contributed by atoms with van der Waals surface area (Å²) in [6, 6.07) is 18.6. The zero-order valence-corrected chi connectivity index (χ0v) is 14.8. The first-order chi connectivity index (χ1) is 11.1. The molecule has 0 bridgehead atoms. The molecule has 0 spiro atoms. The number of halogens is 1. The highest BCUT2D eigenvalue weighted by molar-refractivity contribution is 7.99. The van der Waals surface area contributed by atoms with Crippen molar-refractivity contribution in [1.29, 1.82) is 0 Å². The molecule has 0 aliphatic carbocycles. The van der Waals surface area contributed by atoms with E-state index in [0.29, 0.717) is 0 Å². The molecule has 1 heterocycles. The molecule has 1 unspecified atom stereocenters. The molecule has 4 heteroatoms. The average Bonchev–Trinajstić information content (AvgIpc) is 3.08. The minimum absolute atomic E-state index is 0.0915. The van der Waals surface area contributed by atoms with Crippen molar-refractivity contribution in [2.24, 2.45) is 0 Å². The second kappa shape index (κ2) is 6.81. The quantitative estimate of drug-likeness (QED) is 0.545. The summed E-state index contributed by atoms with van der Waals surface area (Å²) in [5.41, 5.74) is 1.16. The first kappa shape index (κ1) is 16.2. The molecule has 0 aliphatic heterocycles. The largest absolute Gasteiger partial charge is 0.324 e. The van der Waals surface area contributed by atoms with Gasteiger partial charge < -0.3 is 4.57 Å². The fourth-order valence-electron chi connectivity index (χ4n) is 2.64. The van der Waals surface area contributed by atoms with Crippen LogP contribution in [0.5, 0.6) is 0 Å². The molecule has 0 saturated heterocycles. The van der Waals surface area contributed by atoms with E-state index in [2.05, 4.69) is 59.8 Å². The predicted molar refractivity (Wildman–Crippen MR) is 98.0 cm³/mol. The van der Waals surface area contributed by atoms with Gasteiger partial charge in [-0.2, -0.15) is 0 Å². The summed E-state index contributed by atoms with van der Waals surface area (Å²) < 4.78 is 2.17. The molecule has 118 valence electrons. The zero-order chi connectivity index (χ0) is 16.3.